The molecule has 0 aromatic heterocycles. The maximum absolute atomic E-state index is 10.9. The van der Waals surface area contributed by atoms with Gasteiger partial charge < -0.3 is 16.4 Å². The first-order chi connectivity index (χ1) is 7.57. The summed E-state index contributed by atoms with van der Waals surface area (Å²) in [6.45, 7) is 6.29. The molecule has 4 N–H and O–H groups in total. The Morgan fingerprint density at radius 1 is 1.25 bits per heavy atom. The van der Waals surface area contributed by atoms with Crippen molar-refractivity contribution in [2.45, 2.75) is 46.1 Å². The quantitative estimate of drug-likeness (QED) is 0.554. The fourth-order valence-corrected chi connectivity index (χ4v) is 1.18. The molecule has 0 bridgehead atoms. The number of primary amides is 1. The molecule has 0 aliphatic carbocycles. The highest BCUT2D eigenvalue weighted by Crippen LogP contribution is 1.99. The molecule has 0 saturated carbocycles. The monoisotopic (exact) mass is 231 g/mol. The number of hydrogen-bond donors (Lipinski definition) is 3. The fourth-order valence-electron chi connectivity index (χ4n) is 1.18. The zero-order valence-corrected chi connectivity index (χ0v) is 10.8. The standard InChI is InChI=1S/C9H19N3O2.C2H6/c1-7(13)12-8(9(10)14)5-3-4-6-11-2;1-2/h8,11H,3-6H2,1-2H3,(H2,10,14)(H,12,13);1-2H3. The molecule has 0 heterocycles. The van der Waals surface area contributed by atoms with Gasteiger partial charge in [-0.3, -0.25) is 9.59 Å². The summed E-state index contributed by atoms with van der Waals surface area (Å²) in [4.78, 5) is 21.6. The Hall–Kier alpha value is -1.10. The molecule has 0 aliphatic heterocycles. The number of unbranched alkanes of at least 4 members (excludes halogenated alkanes) is 1. The van der Waals surface area contributed by atoms with Crippen LogP contribution in [0.15, 0.2) is 0 Å². The molecular weight excluding hydrogens is 206 g/mol. The van der Waals surface area contributed by atoms with Crippen molar-refractivity contribution in [3.8, 4) is 0 Å². The van der Waals surface area contributed by atoms with Crippen LogP contribution in [0, 0.1) is 0 Å². The summed E-state index contributed by atoms with van der Waals surface area (Å²) in [5.74, 6) is -0.688. The third kappa shape index (κ3) is 11.0. The lowest BCUT2D eigenvalue weighted by Gasteiger charge is -2.13. The highest BCUT2D eigenvalue weighted by Gasteiger charge is 2.14. The molecule has 1 unspecified atom stereocenters. The van der Waals surface area contributed by atoms with Crippen LogP contribution in [0.5, 0.6) is 0 Å². The van der Waals surface area contributed by atoms with Gasteiger partial charge in [0.05, 0.1) is 0 Å². The van der Waals surface area contributed by atoms with Crippen molar-refractivity contribution in [1.82, 2.24) is 10.6 Å². The van der Waals surface area contributed by atoms with Crippen molar-refractivity contribution in [1.29, 1.82) is 0 Å². The van der Waals surface area contributed by atoms with Gasteiger partial charge >= 0.3 is 0 Å². The van der Waals surface area contributed by atoms with Crippen LogP contribution in [-0.2, 0) is 9.59 Å². The van der Waals surface area contributed by atoms with Crippen LogP contribution in [0.25, 0.3) is 0 Å². The number of carbonyl (C=O) groups is 2. The number of nitrogens with one attached hydrogen (secondary N) is 2. The average Bonchev–Trinajstić information content (AvgIpc) is 2.24. The maximum Gasteiger partial charge on any atom is 0.239 e. The largest absolute Gasteiger partial charge is 0.368 e. The summed E-state index contributed by atoms with van der Waals surface area (Å²) in [6, 6.07) is -0.524. The van der Waals surface area contributed by atoms with Crippen LogP contribution in [0.1, 0.15) is 40.0 Å². The fraction of sp³-hybridized carbons (Fsp3) is 0.818. The topological polar surface area (TPSA) is 84.2 Å². The van der Waals surface area contributed by atoms with Crippen LogP contribution in [-0.4, -0.2) is 31.4 Å². The molecule has 0 spiro atoms. The lowest BCUT2D eigenvalue weighted by Crippen LogP contribution is -2.43. The second-order valence-electron chi connectivity index (χ2n) is 3.25. The van der Waals surface area contributed by atoms with Crippen LogP contribution in [0.3, 0.4) is 0 Å². The molecule has 0 aliphatic rings. The maximum atomic E-state index is 10.9. The minimum absolute atomic E-state index is 0.220. The molecule has 5 heteroatoms. The molecule has 0 fully saturated rings. The average molecular weight is 231 g/mol. The number of amides is 2. The number of carbonyl (C=O) groups excluding carboxylic acids is 2. The molecule has 0 radical (unpaired) electrons. The van der Waals surface area contributed by atoms with Gasteiger partial charge in [-0.2, -0.15) is 0 Å². The Morgan fingerprint density at radius 3 is 2.19 bits per heavy atom. The third-order valence-electron chi connectivity index (χ3n) is 1.89. The van der Waals surface area contributed by atoms with E-state index in [9.17, 15) is 9.59 Å². The molecular formula is C11H25N3O2. The minimum atomic E-state index is -0.524. The van der Waals surface area contributed by atoms with E-state index in [0.29, 0.717) is 6.42 Å². The zero-order valence-electron chi connectivity index (χ0n) is 10.8. The van der Waals surface area contributed by atoms with Gasteiger partial charge in [0.25, 0.3) is 0 Å². The molecule has 5 nitrogen and oxygen atoms in total. The van der Waals surface area contributed by atoms with Crippen molar-refractivity contribution >= 4 is 11.8 Å². The van der Waals surface area contributed by atoms with E-state index in [-0.39, 0.29) is 5.91 Å². The van der Waals surface area contributed by atoms with Gasteiger partial charge in [-0.1, -0.05) is 13.8 Å². The Morgan fingerprint density at radius 2 is 1.81 bits per heavy atom. The van der Waals surface area contributed by atoms with Gasteiger partial charge in [-0.05, 0) is 32.9 Å². The summed E-state index contributed by atoms with van der Waals surface area (Å²) < 4.78 is 0. The van der Waals surface area contributed by atoms with E-state index in [1.165, 1.54) is 6.92 Å². The van der Waals surface area contributed by atoms with Crippen molar-refractivity contribution in [2.75, 3.05) is 13.6 Å². The van der Waals surface area contributed by atoms with Crippen LogP contribution >= 0.6 is 0 Å². The molecule has 96 valence electrons. The smallest absolute Gasteiger partial charge is 0.239 e. The second-order valence-corrected chi connectivity index (χ2v) is 3.25. The number of nitrogens with two attached hydrogens (primary N) is 1. The van der Waals surface area contributed by atoms with E-state index in [1.807, 2.05) is 20.9 Å². The summed E-state index contributed by atoms with van der Waals surface area (Å²) in [5.41, 5.74) is 5.13. The predicted octanol–water partition coefficient (Wildman–Crippen LogP) is 0.392. The molecule has 16 heavy (non-hydrogen) atoms. The first kappa shape index (κ1) is 17.3. The normalized spacial score (nSPS) is 11.0. The Bertz CT molecular complexity index is 196. The summed E-state index contributed by atoms with van der Waals surface area (Å²) in [5, 5.41) is 5.53. The Balaban J connectivity index is 0. The minimum Gasteiger partial charge on any atom is -0.368 e. The van der Waals surface area contributed by atoms with E-state index in [1.54, 1.807) is 0 Å². The van der Waals surface area contributed by atoms with E-state index < -0.39 is 11.9 Å². The van der Waals surface area contributed by atoms with Gasteiger partial charge in [-0.25, -0.2) is 0 Å². The van der Waals surface area contributed by atoms with Crippen LogP contribution < -0.4 is 16.4 Å². The molecule has 0 rings (SSSR count). The van der Waals surface area contributed by atoms with Gasteiger partial charge in [0, 0.05) is 6.92 Å². The van der Waals surface area contributed by atoms with Gasteiger partial charge in [0.15, 0.2) is 0 Å². The first-order valence-corrected chi connectivity index (χ1v) is 5.79. The van der Waals surface area contributed by atoms with Crippen molar-refractivity contribution in [2.24, 2.45) is 5.73 Å². The molecule has 0 aromatic carbocycles. The van der Waals surface area contributed by atoms with E-state index >= 15 is 0 Å². The van der Waals surface area contributed by atoms with E-state index in [4.69, 9.17) is 5.73 Å². The lowest BCUT2D eigenvalue weighted by atomic mass is 10.1. The van der Waals surface area contributed by atoms with Crippen molar-refractivity contribution < 1.29 is 9.59 Å². The Labute approximate surface area is 98.2 Å². The Kier molecular flexibility index (Phi) is 12.9. The molecule has 0 aromatic rings. The summed E-state index contributed by atoms with van der Waals surface area (Å²) >= 11 is 0. The van der Waals surface area contributed by atoms with E-state index in [0.717, 1.165) is 19.4 Å². The van der Waals surface area contributed by atoms with E-state index in [2.05, 4.69) is 10.6 Å². The second kappa shape index (κ2) is 12.0. The van der Waals surface area contributed by atoms with Crippen LogP contribution in [0.2, 0.25) is 0 Å². The van der Waals surface area contributed by atoms with Gasteiger partial charge in [-0.15, -0.1) is 0 Å². The summed E-state index contributed by atoms with van der Waals surface area (Å²) in [6.07, 6.45) is 2.45. The highest BCUT2D eigenvalue weighted by atomic mass is 16.2. The number of hydrogen-bond acceptors (Lipinski definition) is 3. The third-order valence-corrected chi connectivity index (χ3v) is 1.89. The highest BCUT2D eigenvalue weighted by molar-refractivity contribution is 5.85. The molecule has 0 saturated heterocycles. The summed E-state index contributed by atoms with van der Waals surface area (Å²) in [7, 11) is 1.87. The SMILES string of the molecule is CC.CNCCCCC(NC(C)=O)C(N)=O. The predicted molar refractivity (Wildman–Crippen MR) is 65.9 cm³/mol. The molecule has 1 atom stereocenters. The van der Waals surface area contributed by atoms with Gasteiger partial charge in [0.1, 0.15) is 6.04 Å². The van der Waals surface area contributed by atoms with Crippen molar-refractivity contribution in [3.05, 3.63) is 0 Å². The zero-order chi connectivity index (χ0) is 13.0. The molecule has 2 amide bonds. The lowest BCUT2D eigenvalue weighted by molar-refractivity contribution is -0.126. The number of rotatable bonds is 7. The van der Waals surface area contributed by atoms with Crippen molar-refractivity contribution in [3.63, 3.8) is 0 Å². The van der Waals surface area contributed by atoms with Crippen LogP contribution in [0.4, 0.5) is 0 Å². The first-order valence-electron chi connectivity index (χ1n) is 5.79. The van der Waals surface area contributed by atoms with Gasteiger partial charge in [0.2, 0.25) is 11.8 Å².